The number of carbonyl (C=O) groups is 2. The number of benzene rings is 1. The van der Waals surface area contributed by atoms with Gasteiger partial charge in [-0.3, -0.25) is 9.59 Å². The van der Waals surface area contributed by atoms with E-state index < -0.39 is 0 Å². The Kier molecular flexibility index (Phi) is 4.47. The third-order valence-corrected chi connectivity index (χ3v) is 4.57. The van der Waals surface area contributed by atoms with Crippen molar-refractivity contribution < 1.29 is 9.59 Å². The molecule has 2 rings (SSSR count). The zero-order chi connectivity index (χ0) is 14.0. The first kappa shape index (κ1) is 14.3. The molecule has 0 bridgehead atoms. The first-order chi connectivity index (χ1) is 8.99. The minimum absolute atomic E-state index is 0.0414. The number of halogens is 2. The summed E-state index contributed by atoms with van der Waals surface area (Å²) in [7, 11) is 0. The highest BCUT2D eigenvalue weighted by Crippen LogP contribution is 2.25. The van der Waals surface area contributed by atoms with Crippen LogP contribution < -0.4 is 5.73 Å². The van der Waals surface area contributed by atoms with Gasteiger partial charge in [0.25, 0.3) is 5.91 Å². The van der Waals surface area contributed by atoms with Crippen molar-refractivity contribution in [3.05, 3.63) is 33.3 Å². The second kappa shape index (κ2) is 5.92. The predicted octanol–water partition coefficient (Wildman–Crippen LogP) is 2.44. The van der Waals surface area contributed by atoms with E-state index in [0.717, 1.165) is 0 Å². The maximum Gasteiger partial charge on any atom is 0.253 e. The van der Waals surface area contributed by atoms with Crippen LogP contribution in [-0.4, -0.2) is 29.8 Å². The molecule has 1 saturated heterocycles. The van der Waals surface area contributed by atoms with Crippen molar-refractivity contribution in [3.63, 3.8) is 0 Å². The molecule has 0 aromatic heterocycles. The Balaban J connectivity index is 2.05. The van der Waals surface area contributed by atoms with Crippen LogP contribution in [0, 0.1) is 5.92 Å². The van der Waals surface area contributed by atoms with Crippen LogP contribution in [0.2, 0.25) is 5.02 Å². The van der Waals surface area contributed by atoms with Crippen LogP contribution in [0.25, 0.3) is 0 Å². The van der Waals surface area contributed by atoms with E-state index in [4.69, 9.17) is 17.3 Å². The quantitative estimate of drug-likeness (QED) is 0.895. The van der Waals surface area contributed by atoms with Gasteiger partial charge in [-0.05, 0) is 47.0 Å². The number of rotatable bonds is 2. The lowest BCUT2D eigenvalue weighted by Crippen LogP contribution is -2.41. The van der Waals surface area contributed by atoms with E-state index in [0.29, 0.717) is 41.0 Å². The fraction of sp³-hybridized carbons (Fsp3) is 0.385. The van der Waals surface area contributed by atoms with Crippen molar-refractivity contribution in [1.82, 2.24) is 4.90 Å². The molecule has 19 heavy (non-hydrogen) atoms. The van der Waals surface area contributed by atoms with E-state index in [-0.39, 0.29) is 17.7 Å². The first-order valence-corrected chi connectivity index (χ1v) is 7.20. The third-order valence-electron chi connectivity index (χ3n) is 3.35. The van der Waals surface area contributed by atoms with Gasteiger partial charge in [0.1, 0.15) is 0 Å². The molecule has 1 aromatic rings. The molecule has 0 atom stereocenters. The second-order valence-corrected chi connectivity index (χ2v) is 5.86. The van der Waals surface area contributed by atoms with Crippen molar-refractivity contribution in [3.8, 4) is 0 Å². The fourth-order valence-corrected chi connectivity index (χ4v) is 2.68. The summed E-state index contributed by atoms with van der Waals surface area (Å²) in [4.78, 5) is 25.1. The SMILES string of the molecule is NC(=O)C1CCN(C(=O)c2ccc(Cl)c(Br)c2)CC1. The smallest absolute Gasteiger partial charge is 0.253 e. The highest BCUT2D eigenvalue weighted by atomic mass is 79.9. The number of amides is 2. The van der Waals surface area contributed by atoms with Gasteiger partial charge in [-0.15, -0.1) is 0 Å². The Morgan fingerprint density at radius 3 is 2.47 bits per heavy atom. The van der Waals surface area contributed by atoms with Crippen molar-refractivity contribution in [2.45, 2.75) is 12.8 Å². The molecule has 1 heterocycles. The van der Waals surface area contributed by atoms with E-state index in [1.807, 2.05) is 0 Å². The van der Waals surface area contributed by atoms with E-state index in [2.05, 4.69) is 15.9 Å². The predicted molar refractivity (Wildman–Crippen MR) is 77.0 cm³/mol. The van der Waals surface area contributed by atoms with Crippen molar-refractivity contribution in [1.29, 1.82) is 0 Å². The van der Waals surface area contributed by atoms with Crippen molar-refractivity contribution in [2.24, 2.45) is 11.7 Å². The number of nitrogens with zero attached hydrogens (tertiary/aromatic N) is 1. The normalized spacial score (nSPS) is 16.4. The summed E-state index contributed by atoms with van der Waals surface area (Å²) < 4.78 is 0.701. The topological polar surface area (TPSA) is 63.4 Å². The monoisotopic (exact) mass is 344 g/mol. The average molecular weight is 346 g/mol. The van der Waals surface area contributed by atoms with E-state index >= 15 is 0 Å². The molecule has 0 saturated carbocycles. The summed E-state index contributed by atoms with van der Waals surface area (Å²) in [6, 6.07) is 5.11. The molecule has 0 unspecified atom stereocenters. The molecule has 1 aromatic carbocycles. The number of likely N-dealkylation sites (tertiary alicyclic amines) is 1. The van der Waals surface area contributed by atoms with Gasteiger partial charge in [0.05, 0.1) is 5.02 Å². The van der Waals surface area contributed by atoms with Gasteiger partial charge >= 0.3 is 0 Å². The van der Waals surface area contributed by atoms with Gasteiger partial charge in [-0.1, -0.05) is 11.6 Å². The molecule has 2 amide bonds. The van der Waals surface area contributed by atoms with Crippen molar-refractivity contribution >= 4 is 39.3 Å². The summed E-state index contributed by atoms with van der Waals surface area (Å²) >= 11 is 9.21. The zero-order valence-electron chi connectivity index (χ0n) is 10.2. The van der Waals surface area contributed by atoms with Crippen LogP contribution in [0.4, 0.5) is 0 Å². The van der Waals surface area contributed by atoms with Crippen LogP contribution in [0.3, 0.4) is 0 Å². The summed E-state index contributed by atoms with van der Waals surface area (Å²) in [6.07, 6.45) is 1.27. The Morgan fingerprint density at radius 1 is 1.32 bits per heavy atom. The largest absolute Gasteiger partial charge is 0.369 e. The Hall–Kier alpha value is -1.07. The molecule has 1 fully saturated rings. The van der Waals surface area contributed by atoms with Gasteiger partial charge in [0.2, 0.25) is 5.91 Å². The zero-order valence-corrected chi connectivity index (χ0v) is 12.6. The lowest BCUT2D eigenvalue weighted by atomic mass is 9.96. The van der Waals surface area contributed by atoms with Crippen LogP contribution in [0.1, 0.15) is 23.2 Å². The molecule has 1 aliphatic heterocycles. The minimum atomic E-state index is -0.277. The van der Waals surface area contributed by atoms with Gasteiger partial charge < -0.3 is 10.6 Å². The number of hydrogen-bond donors (Lipinski definition) is 1. The highest BCUT2D eigenvalue weighted by Gasteiger charge is 2.26. The van der Waals surface area contributed by atoms with Gasteiger partial charge in [0, 0.05) is 29.0 Å². The third kappa shape index (κ3) is 3.28. The van der Waals surface area contributed by atoms with Crippen LogP contribution >= 0.6 is 27.5 Å². The maximum atomic E-state index is 12.3. The molecule has 0 aliphatic carbocycles. The lowest BCUT2D eigenvalue weighted by Gasteiger charge is -2.30. The standard InChI is InChI=1S/C13H14BrClN2O2/c14-10-7-9(1-2-11(10)15)13(19)17-5-3-8(4-6-17)12(16)18/h1-2,7-8H,3-6H2,(H2,16,18). The minimum Gasteiger partial charge on any atom is -0.369 e. The van der Waals surface area contributed by atoms with Crippen LogP contribution in [0.15, 0.2) is 22.7 Å². The average Bonchev–Trinajstić information content (AvgIpc) is 2.41. The fourth-order valence-electron chi connectivity index (χ4n) is 2.18. The van der Waals surface area contributed by atoms with Crippen LogP contribution in [-0.2, 0) is 4.79 Å². The molecular formula is C13H14BrClN2O2. The Bertz CT molecular complexity index is 513. The first-order valence-electron chi connectivity index (χ1n) is 6.02. The molecule has 2 N–H and O–H groups in total. The Labute approximate surface area is 125 Å². The highest BCUT2D eigenvalue weighted by molar-refractivity contribution is 9.10. The second-order valence-electron chi connectivity index (χ2n) is 4.60. The van der Waals surface area contributed by atoms with Gasteiger partial charge in [0.15, 0.2) is 0 Å². The maximum absolute atomic E-state index is 12.3. The van der Waals surface area contributed by atoms with Crippen LogP contribution in [0.5, 0.6) is 0 Å². The molecule has 0 radical (unpaired) electrons. The summed E-state index contributed by atoms with van der Waals surface area (Å²) in [6.45, 7) is 1.12. The van der Waals surface area contributed by atoms with Crippen molar-refractivity contribution in [2.75, 3.05) is 13.1 Å². The van der Waals surface area contributed by atoms with Gasteiger partial charge in [-0.25, -0.2) is 0 Å². The molecule has 6 heteroatoms. The Morgan fingerprint density at radius 2 is 1.95 bits per heavy atom. The summed E-state index contributed by atoms with van der Waals surface area (Å²) in [5, 5.41) is 0.573. The van der Waals surface area contributed by atoms with E-state index in [9.17, 15) is 9.59 Å². The number of piperidine rings is 1. The van der Waals surface area contributed by atoms with E-state index in [1.54, 1.807) is 23.1 Å². The number of nitrogens with two attached hydrogens (primary N) is 1. The summed E-state index contributed by atoms with van der Waals surface area (Å²) in [5.41, 5.74) is 5.86. The van der Waals surface area contributed by atoms with E-state index in [1.165, 1.54) is 0 Å². The molecule has 0 spiro atoms. The van der Waals surface area contributed by atoms with Gasteiger partial charge in [-0.2, -0.15) is 0 Å². The number of primary amides is 1. The lowest BCUT2D eigenvalue weighted by molar-refractivity contribution is -0.123. The molecular weight excluding hydrogens is 332 g/mol. The molecule has 102 valence electrons. The summed E-state index contributed by atoms with van der Waals surface area (Å²) in [5.74, 6) is -0.428. The molecule has 1 aliphatic rings. The number of carbonyl (C=O) groups excluding carboxylic acids is 2. The number of hydrogen-bond acceptors (Lipinski definition) is 2. The molecule has 4 nitrogen and oxygen atoms in total.